The van der Waals surface area contributed by atoms with E-state index in [0.29, 0.717) is 41.5 Å². The fourth-order valence-corrected chi connectivity index (χ4v) is 3.14. The van der Waals surface area contributed by atoms with Crippen LogP contribution in [0.15, 0.2) is 41.1 Å². The van der Waals surface area contributed by atoms with Gasteiger partial charge in [-0.3, -0.25) is 4.79 Å². The van der Waals surface area contributed by atoms with Gasteiger partial charge in [0.1, 0.15) is 11.1 Å². The molecule has 8 heteroatoms. The summed E-state index contributed by atoms with van der Waals surface area (Å²) in [6.07, 6.45) is 2.29. The summed E-state index contributed by atoms with van der Waals surface area (Å²) in [4.78, 5) is 26.8. The van der Waals surface area contributed by atoms with Crippen LogP contribution in [0.5, 0.6) is 0 Å². The van der Waals surface area contributed by atoms with Gasteiger partial charge < -0.3 is 15.2 Å². The first-order valence-electron chi connectivity index (χ1n) is 8.26. The molecular weight excluding hydrogens is 332 g/mol. The van der Waals surface area contributed by atoms with Gasteiger partial charge in [-0.25, -0.2) is 15.0 Å². The molecule has 0 radical (unpaired) electrons. The van der Waals surface area contributed by atoms with Crippen LogP contribution in [-0.2, 0) is 10.2 Å². The molecular formula is C18H18N6O2. The van der Waals surface area contributed by atoms with Crippen LogP contribution in [0.3, 0.4) is 0 Å². The number of nitrogens with two attached hydrogens (primary N) is 1. The summed E-state index contributed by atoms with van der Waals surface area (Å²) in [6.45, 7) is 2.59. The fraction of sp³-hybridized carbons (Fsp3) is 0.278. The number of nitrogens with zero attached hydrogens (tertiary/aromatic N) is 5. The summed E-state index contributed by atoms with van der Waals surface area (Å²) in [5.74, 6) is 0.786. The van der Waals surface area contributed by atoms with E-state index in [0.717, 1.165) is 0 Å². The zero-order valence-corrected chi connectivity index (χ0v) is 14.5. The van der Waals surface area contributed by atoms with Crippen molar-refractivity contribution in [1.82, 2.24) is 25.0 Å². The van der Waals surface area contributed by atoms with Crippen LogP contribution in [0.25, 0.3) is 22.8 Å². The summed E-state index contributed by atoms with van der Waals surface area (Å²) in [5.41, 5.74) is 7.46. The van der Waals surface area contributed by atoms with Crippen LogP contribution < -0.4 is 5.73 Å². The summed E-state index contributed by atoms with van der Waals surface area (Å²) in [5, 5.41) is 4.12. The zero-order valence-electron chi connectivity index (χ0n) is 14.5. The van der Waals surface area contributed by atoms with Crippen molar-refractivity contribution in [2.75, 3.05) is 19.3 Å². The number of pyridine rings is 1. The lowest BCUT2D eigenvalue weighted by Crippen LogP contribution is -2.33. The third kappa shape index (κ3) is 2.59. The van der Waals surface area contributed by atoms with Crippen molar-refractivity contribution in [2.45, 2.75) is 18.8 Å². The molecule has 1 amide bonds. The van der Waals surface area contributed by atoms with Crippen molar-refractivity contribution in [1.29, 1.82) is 0 Å². The molecule has 1 aliphatic heterocycles. The summed E-state index contributed by atoms with van der Waals surface area (Å²) >= 11 is 0. The number of aromatic nitrogens is 4. The van der Waals surface area contributed by atoms with Crippen LogP contribution in [-0.4, -0.2) is 44.5 Å². The number of hydrogen-bond donors (Lipinski definition) is 1. The first kappa shape index (κ1) is 16.2. The second-order valence-corrected chi connectivity index (χ2v) is 6.59. The molecule has 1 fully saturated rings. The lowest BCUT2D eigenvalue weighted by Gasteiger charge is -2.17. The fourth-order valence-electron chi connectivity index (χ4n) is 3.14. The van der Waals surface area contributed by atoms with E-state index in [2.05, 4.69) is 20.1 Å². The van der Waals surface area contributed by atoms with Crippen molar-refractivity contribution in [3.63, 3.8) is 0 Å². The van der Waals surface area contributed by atoms with Crippen molar-refractivity contribution in [2.24, 2.45) is 0 Å². The van der Waals surface area contributed by atoms with Crippen LogP contribution in [0.4, 0.5) is 5.95 Å². The second-order valence-electron chi connectivity index (χ2n) is 6.59. The Morgan fingerprint density at radius 1 is 1.15 bits per heavy atom. The molecule has 4 rings (SSSR count). The summed E-state index contributed by atoms with van der Waals surface area (Å²) in [7, 11) is 1.79. The average Bonchev–Trinajstić information content (AvgIpc) is 3.25. The Balaban J connectivity index is 1.69. The molecule has 0 aromatic carbocycles. The number of likely N-dealkylation sites (tertiary alicyclic amines) is 1. The Kier molecular flexibility index (Phi) is 3.68. The monoisotopic (exact) mass is 350 g/mol. The van der Waals surface area contributed by atoms with Crippen molar-refractivity contribution in [3.05, 3.63) is 42.3 Å². The quantitative estimate of drug-likeness (QED) is 0.768. The average molecular weight is 350 g/mol. The SMILES string of the molecule is CN1CC[C@@](C)(c2cc(-c3cccc(-c4ccnc(N)n4)n3)no2)C1=O. The Bertz CT molecular complexity index is 985. The highest BCUT2D eigenvalue weighted by molar-refractivity contribution is 5.89. The van der Waals surface area contributed by atoms with Gasteiger partial charge in [-0.05, 0) is 31.5 Å². The molecule has 3 aromatic heterocycles. The number of carbonyl (C=O) groups excluding carboxylic acids is 1. The number of nitrogen functional groups attached to an aromatic ring is 1. The van der Waals surface area contributed by atoms with Gasteiger partial charge >= 0.3 is 0 Å². The van der Waals surface area contributed by atoms with Gasteiger partial charge in [-0.1, -0.05) is 11.2 Å². The highest BCUT2D eigenvalue weighted by atomic mass is 16.5. The molecule has 1 atom stereocenters. The van der Waals surface area contributed by atoms with Gasteiger partial charge in [0.05, 0.1) is 17.1 Å². The summed E-state index contributed by atoms with van der Waals surface area (Å²) in [6, 6.07) is 9.06. The van der Waals surface area contributed by atoms with Gasteiger partial charge in [0.15, 0.2) is 5.76 Å². The molecule has 132 valence electrons. The first-order valence-corrected chi connectivity index (χ1v) is 8.26. The largest absolute Gasteiger partial charge is 0.368 e. The molecule has 0 unspecified atom stereocenters. The van der Waals surface area contributed by atoms with Gasteiger partial charge in [-0.2, -0.15) is 0 Å². The van der Waals surface area contributed by atoms with E-state index in [1.807, 2.05) is 25.1 Å². The maximum absolute atomic E-state index is 12.4. The molecule has 1 saturated heterocycles. The van der Waals surface area contributed by atoms with Crippen LogP contribution in [0.2, 0.25) is 0 Å². The third-order valence-electron chi connectivity index (χ3n) is 4.77. The number of rotatable bonds is 3. The van der Waals surface area contributed by atoms with E-state index < -0.39 is 5.41 Å². The topological polar surface area (TPSA) is 111 Å². The van der Waals surface area contributed by atoms with Gasteiger partial charge in [0, 0.05) is 25.9 Å². The molecule has 8 nitrogen and oxygen atoms in total. The highest BCUT2D eigenvalue weighted by Gasteiger charge is 2.45. The zero-order chi connectivity index (χ0) is 18.3. The van der Waals surface area contributed by atoms with Crippen molar-refractivity contribution in [3.8, 4) is 22.8 Å². The Labute approximate surface area is 150 Å². The van der Waals surface area contributed by atoms with E-state index in [1.54, 1.807) is 30.3 Å². The normalized spacial score (nSPS) is 19.9. The lowest BCUT2D eigenvalue weighted by atomic mass is 9.86. The number of likely N-dealkylation sites (N-methyl/N-ethyl adjacent to an activating group) is 1. The second kappa shape index (κ2) is 5.91. The smallest absolute Gasteiger partial charge is 0.236 e. The van der Waals surface area contributed by atoms with Crippen LogP contribution >= 0.6 is 0 Å². The van der Waals surface area contributed by atoms with Crippen molar-refractivity contribution < 1.29 is 9.32 Å². The van der Waals surface area contributed by atoms with E-state index in [9.17, 15) is 4.79 Å². The molecule has 26 heavy (non-hydrogen) atoms. The highest BCUT2D eigenvalue weighted by Crippen LogP contribution is 2.36. The standard InChI is InChI=1S/C18H18N6O2/c1-18(7-9-24(2)16(18)25)15-10-14(23-26-15)12-5-3-4-11(21-12)13-6-8-20-17(19)22-13/h3-6,8,10H,7,9H2,1-2H3,(H2,19,20,22)/t18-/m0/s1. The molecule has 3 aromatic rings. The van der Waals surface area contributed by atoms with E-state index >= 15 is 0 Å². The van der Waals surface area contributed by atoms with E-state index in [1.165, 1.54) is 0 Å². The minimum atomic E-state index is -0.682. The molecule has 4 heterocycles. The van der Waals surface area contributed by atoms with Crippen molar-refractivity contribution >= 4 is 11.9 Å². The number of carbonyl (C=O) groups is 1. The lowest BCUT2D eigenvalue weighted by molar-refractivity contribution is -0.131. The molecule has 0 aliphatic carbocycles. The third-order valence-corrected chi connectivity index (χ3v) is 4.77. The molecule has 0 saturated carbocycles. The number of hydrogen-bond acceptors (Lipinski definition) is 7. The minimum absolute atomic E-state index is 0.0402. The summed E-state index contributed by atoms with van der Waals surface area (Å²) < 4.78 is 5.51. The number of anilines is 1. The van der Waals surface area contributed by atoms with Gasteiger partial charge in [-0.15, -0.1) is 0 Å². The predicted octanol–water partition coefficient (Wildman–Crippen LogP) is 1.90. The van der Waals surface area contributed by atoms with Crippen LogP contribution in [0, 0.1) is 0 Å². The Morgan fingerprint density at radius 2 is 1.88 bits per heavy atom. The molecule has 1 aliphatic rings. The van der Waals surface area contributed by atoms with E-state index in [-0.39, 0.29) is 11.9 Å². The predicted molar refractivity (Wildman–Crippen MR) is 94.8 cm³/mol. The Morgan fingerprint density at radius 3 is 2.58 bits per heavy atom. The molecule has 2 N–H and O–H groups in total. The minimum Gasteiger partial charge on any atom is -0.368 e. The van der Waals surface area contributed by atoms with Gasteiger partial charge in [0.2, 0.25) is 11.9 Å². The van der Waals surface area contributed by atoms with E-state index in [4.69, 9.17) is 10.3 Å². The molecule has 0 spiro atoms. The first-order chi connectivity index (χ1) is 12.5. The van der Waals surface area contributed by atoms with Gasteiger partial charge in [0.25, 0.3) is 0 Å². The number of amides is 1. The molecule has 0 bridgehead atoms. The van der Waals surface area contributed by atoms with Crippen LogP contribution in [0.1, 0.15) is 19.1 Å². The maximum atomic E-state index is 12.4. The Hall–Kier alpha value is -3.29. The maximum Gasteiger partial charge on any atom is 0.236 e.